The second-order valence-corrected chi connectivity index (χ2v) is 16.3. The first-order valence-corrected chi connectivity index (χ1v) is 21.7. The average Bonchev–Trinajstić information content (AvgIpc) is 3.27. The molecule has 0 aliphatic carbocycles. The fourth-order valence-electron chi connectivity index (χ4n) is 6.35. The number of carbonyl (C=O) groups excluding carboxylic acids is 4. The second-order valence-electron chi connectivity index (χ2n) is 14.5. The van der Waals surface area contributed by atoms with Crippen LogP contribution in [0.2, 0.25) is 0 Å². The van der Waals surface area contributed by atoms with Crippen LogP contribution in [0.4, 0.5) is 35.9 Å². The summed E-state index contributed by atoms with van der Waals surface area (Å²) in [7, 11) is -3.56. The maximum atomic E-state index is 12.7. The minimum atomic E-state index is -4.62. The van der Waals surface area contributed by atoms with Gasteiger partial charge in [-0.3, -0.25) is 24.4 Å². The Morgan fingerprint density at radius 3 is 1.32 bits per heavy atom. The van der Waals surface area contributed by atoms with Crippen LogP contribution in [0.1, 0.15) is 39.5 Å². The molecule has 0 unspecified atom stereocenters. The SMILES string of the molecule is CC(C)CS(=O)(=O)N1C=CCC(=O)N1c1ccccc1.NN1C=CCC(=O)N1c1ccccc1.O=C1CC=CN(C(F)(F)F)N1c1ccccc1.O=C1CC=CN(O)N1c1ccccc1. The van der Waals surface area contributed by atoms with E-state index in [2.05, 4.69) is 0 Å². The standard InChI is InChI=1S/C14H18N2O3S.C11H9F3N2O.C10H11N3O.C10H10N2O2/c1-12(2)11-20(18,19)15-10-6-9-14(17)16(15)13-7-4-3-5-8-13;12-11(13,14)15-8-4-7-10(17)16(15)9-5-2-1-3-6-9;11-12-8-4-7-10(14)13(12)9-5-2-1-3-6-9;13-10-7-4-8-11(14)12(10)9-5-2-1-3-6-9/h3-8,10,12H,9,11H2,1-2H3;1-6,8H,7H2;1-6,8H,7,11H2;1-6,8,14H,7H2. The Bertz CT molecular complexity index is 2390. The van der Waals surface area contributed by atoms with Gasteiger partial charge in [-0.15, -0.1) is 13.2 Å². The molecule has 0 saturated carbocycles. The van der Waals surface area contributed by atoms with Gasteiger partial charge in [-0.2, -0.15) is 19.6 Å². The number of hydrogen-bond acceptors (Lipinski definition) is 11. The topological polar surface area (TPSA) is 175 Å². The summed E-state index contributed by atoms with van der Waals surface area (Å²) in [5.41, 5.74) is 2.18. The van der Waals surface area contributed by atoms with Gasteiger partial charge in [0.2, 0.25) is 5.91 Å². The number of hydrazine groups is 5. The highest BCUT2D eigenvalue weighted by molar-refractivity contribution is 7.89. The molecule has 0 bridgehead atoms. The molecule has 4 aromatic carbocycles. The van der Waals surface area contributed by atoms with E-state index in [9.17, 15) is 46.0 Å². The lowest BCUT2D eigenvalue weighted by Crippen LogP contribution is -2.52. The monoisotopic (exact) mass is 915 g/mol. The molecular formula is C45H48F3N9O7S. The van der Waals surface area contributed by atoms with Gasteiger partial charge >= 0.3 is 6.30 Å². The van der Waals surface area contributed by atoms with Crippen molar-refractivity contribution in [3.63, 3.8) is 0 Å². The van der Waals surface area contributed by atoms with Crippen LogP contribution < -0.4 is 25.9 Å². The summed E-state index contributed by atoms with van der Waals surface area (Å²) in [5.74, 6) is 4.58. The first-order chi connectivity index (χ1) is 31.0. The molecule has 0 fully saturated rings. The van der Waals surface area contributed by atoms with Gasteiger partial charge in [0.15, 0.2) is 0 Å². The molecule has 3 N–H and O–H groups in total. The summed E-state index contributed by atoms with van der Waals surface area (Å²) in [5, 5.41) is 16.0. The van der Waals surface area contributed by atoms with E-state index >= 15 is 0 Å². The van der Waals surface area contributed by atoms with Gasteiger partial charge < -0.3 is 0 Å². The number of anilines is 4. The van der Waals surface area contributed by atoms with Crippen molar-refractivity contribution < 1.29 is 46.0 Å². The van der Waals surface area contributed by atoms with Gasteiger partial charge in [0, 0.05) is 50.5 Å². The molecule has 0 atom stereocenters. The van der Waals surface area contributed by atoms with E-state index in [1.54, 1.807) is 79.0 Å². The molecule has 0 radical (unpaired) electrons. The third kappa shape index (κ3) is 13.1. The Morgan fingerprint density at radius 1 is 0.538 bits per heavy atom. The highest BCUT2D eigenvalue weighted by atomic mass is 32.2. The van der Waals surface area contributed by atoms with Crippen LogP contribution in [0, 0.1) is 5.92 Å². The molecule has 8 rings (SSSR count). The van der Waals surface area contributed by atoms with E-state index in [1.165, 1.54) is 50.8 Å². The molecule has 4 aliphatic heterocycles. The third-order valence-electron chi connectivity index (χ3n) is 9.03. The number of halogens is 3. The molecule has 65 heavy (non-hydrogen) atoms. The number of rotatable bonds is 7. The number of hydroxylamine groups is 1. The van der Waals surface area contributed by atoms with Crippen molar-refractivity contribution in [2.75, 3.05) is 25.8 Å². The van der Waals surface area contributed by atoms with E-state index in [-0.39, 0.29) is 52.9 Å². The molecule has 4 amide bonds. The maximum absolute atomic E-state index is 12.7. The van der Waals surface area contributed by atoms with Crippen LogP contribution in [-0.4, -0.2) is 69.0 Å². The molecule has 0 saturated heterocycles. The Morgan fingerprint density at radius 2 is 0.892 bits per heavy atom. The number of nitrogens with zero attached hydrogens (tertiary/aromatic N) is 8. The summed E-state index contributed by atoms with van der Waals surface area (Å²) >= 11 is 0. The number of carbonyl (C=O) groups is 4. The van der Waals surface area contributed by atoms with E-state index in [0.717, 1.165) is 21.5 Å². The first kappa shape index (κ1) is 48.6. The fourth-order valence-corrected chi connectivity index (χ4v) is 8.05. The predicted molar refractivity (Wildman–Crippen MR) is 239 cm³/mol. The average molecular weight is 916 g/mol. The van der Waals surface area contributed by atoms with Crippen LogP contribution in [-0.2, 0) is 29.2 Å². The third-order valence-corrected chi connectivity index (χ3v) is 11.0. The van der Waals surface area contributed by atoms with E-state index < -0.39 is 22.2 Å². The van der Waals surface area contributed by atoms with Gasteiger partial charge in [-0.25, -0.2) is 34.4 Å². The van der Waals surface area contributed by atoms with E-state index in [4.69, 9.17) is 5.84 Å². The zero-order valence-electron chi connectivity index (χ0n) is 35.4. The van der Waals surface area contributed by atoms with Crippen LogP contribution in [0.3, 0.4) is 0 Å². The van der Waals surface area contributed by atoms with Crippen LogP contribution in [0.25, 0.3) is 0 Å². The fraction of sp³-hybridized carbons (Fsp3) is 0.200. The van der Waals surface area contributed by atoms with Crippen molar-refractivity contribution in [2.45, 2.75) is 45.8 Å². The summed E-state index contributed by atoms with van der Waals surface area (Å²) in [6.45, 7) is 3.67. The minimum Gasteiger partial charge on any atom is -0.272 e. The van der Waals surface area contributed by atoms with Gasteiger partial charge in [0.05, 0.1) is 28.5 Å². The molecule has 342 valence electrons. The Kier molecular flexibility index (Phi) is 16.7. The maximum Gasteiger partial charge on any atom is 0.503 e. The largest absolute Gasteiger partial charge is 0.503 e. The lowest BCUT2D eigenvalue weighted by Gasteiger charge is -2.36. The zero-order valence-corrected chi connectivity index (χ0v) is 36.2. The zero-order chi connectivity index (χ0) is 47.1. The minimum absolute atomic E-state index is 0.00600. The highest BCUT2D eigenvalue weighted by Crippen LogP contribution is 2.31. The van der Waals surface area contributed by atoms with Crippen LogP contribution in [0.5, 0.6) is 0 Å². The summed E-state index contributed by atoms with van der Waals surface area (Å²) in [6.07, 6.45) is 7.78. The quantitative estimate of drug-likeness (QED) is 0.140. The second kappa shape index (κ2) is 22.3. The van der Waals surface area contributed by atoms with Gasteiger partial charge in [-0.1, -0.05) is 111 Å². The lowest BCUT2D eigenvalue weighted by atomic mass is 10.2. The molecule has 4 aliphatic rings. The van der Waals surface area contributed by atoms with Crippen LogP contribution in [0.15, 0.2) is 170 Å². The number of alkyl halides is 3. The van der Waals surface area contributed by atoms with Crippen molar-refractivity contribution >= 4 is 56.4 Å². The van der Waals surface area contributed by atoms with Gasteiger partial charge in [0.25, 0.3) is 27.7 Å². The van der Waals surface area contributed by atoms with Crippen molar-refractivity contribution in [3.05, 3.63) is 170 Å². The van der Waals surface area contributed by atoms with Crippen LogP contribution >= 0.6 is 0 Å². The van der Waals surface area contributed by atoms with Crippen molar-refractivity contribution in [1.82, 2.24) is 19.7 Å². The summed E-state index contributed by atoms with van der Waals surface area (Å²) in [4.78, 5) is 46.7. The lowest BCUT2D eigenvalue weighted by molar-refractivity contribution is -0.232. The number of hydrogen-bond donors (Lipinski definition) is 2. The van der Waals surface area contributed by atoms with Crippen molar-refractivity contribution in [3.8, 4) is 0 Å². The van der Waals surface area contributed by atoms with Crippen molar-refractivity contribution in [1.29, 1.82) is 0 Å². The molecule has 0 spiro atoms. The molecule has 16 nitrogen and oxygen atoms in total. The van der Waals surface area contributed by atoms with Gasteiger partial charge in [-0.05, 0) is 54.4 Å². The highest BCUT2D eigenvalue weighted by Gasteiger charge is 2.43. The molecule has 4 aromatic rings. The number of para-hydroxylation sites is 4. The van der Waals surface area contributed by atoms with E-state index in [1.807, 2.05) is 68.4 Å². The first-order valence-electron chi connectivity index (χ1n) is 20.1. The van der Waals surface area contributed by atoms with E-state index in [0.29, 0.717) is 29.2 Å². The Labute approximate surface area is 374 Å². The summed E-state index contributed by atoms with van der Waals surface area (Å²) < 4.78 is 64.1. The Balaban J connectivity index is 0.000000164. The number of benzene rings is 4. The smallest absolute Gasteiger partial charge is 0.272 e. The molecular weight excluding hydrogens is 868 g/mol. The van der Waals surface area contributed by atoms with Crippen molar-refractivity contribution in [2.24, 2.45) is 11.8 Å². The Hall–Kier alpha value is -7.42. The number of nitrogens with two attached hydrogens (primary N) is 1. The molecule has 0 aromatic heterocycles. The molecule has 20 heteroatoms. The number of amides is 4. The normalized spacial score (nSPS) is 16.2. The van der Waals surface area contributed by atoms with Gasteiger partial charge in [0.1, 0.15) is 0 Å². The molecule has 4 heterocycles. The predicted octanol–water partition coefficient (Wildman–Crippen LogP) is 7.38. The summed E-state index contributed by atoms with van der Waals surface area (Å²) in [6, 6.07) is 34.9. The number of sulfonamides is 1.